The van der Waals surface area contributed by atoms with Crippen LogP contribution in [0.5, 0.6) is 0 Å². The van der Waals surface area contributed by atoms with Crippen LogP contribution in [0.15, 0.2) is 12.7 Å². The number of unbranched alkanes of at least 4 members (excludes halogenated alkanes) is 14. The second-order valence-corrected chi connectivity index (χ2v) is 15.9. The Morgan fingerprint density at radius 2 is 1.00 bits per heavy atom. The average molecular weight is 914 g/mol. The maximum absolute atomic E-state index is 12.4. The van der Waals surface area contributed by atoms with Crippen LogP contribution in [0, 0.1) is 5.92 Å². The second-order valence-electron chi connectivity index (χ2n) is 15.9. The Bertz CT molecular complexity index is 1330. The SMILES string of the molecule is C=CC(=O)NCCCC[C@H](NC(=O)COCCOCCCC(=O)COCCOCCNC(=O)CC[C@H](CC(=O)CCCCCCCCCCCCCCCCC(=O)O)C(=O)O)C(=O)O. The highest BCUT2D eigenvalue weighted by molar-refractivity contribution is 5.87. The van der Waals surface area contributed by atoms with Crippen molar-refractivity contribution >= 4 is 47.2 Å². The first-order chi connectivity index (χ1) is 30.8. The summed E-state index contributed by atoms with van der Waals surface area (Å²) >= 11 is 0. The lowest BCUT2D eigenvalue weighted by Gasteiger charge is -2.14. The number of hydrogen-bond donors (Lipinski definition) is 6. The summed E-state index contributed by atoms with van der Waals surface area (Å²) in [5.74, 6) is -5.26. The first-order valence-corrected chi connectivity index (χ1v) is 23.3. The van der Waals surface area contributed by atoms with E-state index in [9.17, 15) is 48.6 Å². The third kappa shape index (κ3) is 40.5. The number of nitrogens with one attached hydrogen (secondary N) is 3. The van der Waals surface area contributed by atoms with Gasteiger partial charge in [-0.05, 0) is 51.0 Å². The number of carboxylic acids is 3. The van der Waals surface area contributed by atoms with Crippen molar-refractivity contribution in [3.63, 3.8) is 0 Å². The van der Waals surface area contributed by atoms with Gasteiger partial charge in [-0.25, -0.2) is 4.79 Å². The lowest BCUT2D eigenvalue weighted by Crippen LogP contribution is -2.42. The number of rotatable bonds is 48. The van der Waals surface area contributed by atoms with Gasteiger partial charge in [-0.3, -0.25) is 33.6 Å². The maximum Gasteiger partial charge on any atom is 0.326 e. The number of hydrogen-bond acceptors (Lipinski definition) is 12. The van der Waals surface area contributed by atoms with Gasteiger partial charge in [0.15, 0.2) is 5.78 Å². The Labute approximate surface area is 379 Å². The molecule has 0 spiro atoms. The number of aliphatic carboxylic acids is 3. The fraction of sp³-hybridized carbons (Fsp3) is 0.783. The van der Waals surface area contributed by atoms with Gasteiger partial charge in [-0.2, -0.15) is 0 Å². The van der Waals surface area contributed by atoms with E-state index in [2.05, 4.69) is 22.5 Å². The lowest BCUT2D eigenvalue weighted by atomic mass is 9.94. The van der Waals surface area contributed by atoms with Crippen LogP contribution in [-0.2, 0) is 57.3 Å². The highest BCUT2D eigenvalue weighted by Crippen LogP contribution is 2.17. The monoisotopic (exact) mass is 914 g/mol. The van der Waals surface area contributed by atoms with Crippen LogP contribution < -0.4 is 16.0 Å². The zero-order valence-electron chi connectivity index (χ0n) is 38.2. The van der Waals surface area contributed by atoms with Gasteiger partial charge in [0.1, 0.15) is 25.0 Å². The molecule has 0 aliphatic carbocycles. The van der Waals surface area contributed by atoms with Crippen molar-refractivity contribution in [2.75, 3.05) is 65.9 Å². The molecule has 0 fully saturated rings. The number of ketones is 2. The van der Waals surface area contributed by atoms with Crippen LogP contribution in [-0.4, -0.2) is 135 Å². The van der Waals surface area contributed by atoms with E-state index in [-0.39, 0.29) is 115 Å². The largest absolute Gasteiger partial charge is 0.481 e. The van der Waals surface area contributed by atoms with E-state index in [1.54, 1.807) is 0 Å². The fourth-order valence-corrected chi connectivity index (χ4v) is 6.55. The van der Waals surface area contributed by atoms with Crippen molar-refractivity contribution in [3.8, 4) is 0 Å². The van der Waals surface area contributed by atoms with Crippen molar-refractivity contribution in [3.05, 3.63) is 12.7 Å². The molecule has 0 radical (unpaired) electrons. The zero-order chi connectivity index (χ0) is 47.5. The minimum absolute atomic E-state index is 0.0122. The molecule has 18 heteroatoms. The molecule has 0 aromatic carbocycles. The fourth-order valence-electron chi connectivity index (χ4n) is 6.55. The quantitative estimate of drug-likeness (QED) is 0.0333. The predicted octanol–water partition coefficient (Wildman–Crippen LogP) is 5.33. The molecular weight excluding hydrogens is 835 g/mol. The number of carboxylic acid groups (broad SMARTS) is 3. The molecular formula is C46H79N3O15. The van der Waals surface area contributed by atoms with Crippen molar-refractivity contribution in [2.24, 2.45) is 5.92 Å². The standard InChI is InChI=1S/C46H79N3O15/c1-2-41(52)47-26-18-17-22-40(46(59)60)49-43(54)36-64-33-30-61-28-19-21-39(51)35-63-32-31-62-29-27-48-42(53)25-24-37(45(57)58)34-38(50)20-15-13-11-9-7-5-3-4-6-8-10-12-14-16-23-44(55)56/h2,37,40H,1,3-36H2,(H,47,52)(H,48,53)(H,49,54)(H,55,56)(H,57,58)(H,59,60)/t37-,40+/m1/s1. The summed E-state index contributed by atoms with van der Waals surface area (Å²) < 4.78 is 21.4. The number of ether oxygens (including phenoxy) is 4. The summed E-state index contributed by atoms with van der Waals surface area (Å²) in [6.07, 6.45) is 18.9. The van der Waals surface area contributed by atoms with Gasteiger partial charge < -0.3 is 50.2 Å². The Morgan fingerprint density at radius 1 is 0.469 bits per heavy atom. The van der Waals surface area contributed by atoms with Crippen LogP contribution in [0.1, 0.15) is 154 Å². The third-order valence-electron chi connectivity index (χ3n) is 10.2. The molecule has 0 rings (SSSR count). The minimum Gasteiger partial charge on any atom is -0.481 e. The molecule has 0 saturated carbocycles. The van der Waals surface area contributed by atoms with Crippen LogP contribution in [0.3, 0.4) is 0 Å². The maximum atomic E-state index is 12.4. The van der Waals surface area contributed by atoms with Crippen molar-refractivity contribution in [1.82, 2.24) is 16.0 Å². The Morgan fingerprint density at radius 3 is 1.56 bits per heavy atom. The van der Waals surface area contributed by atoms with E-state index in [1.807, 2.05) is 0 Å². The van der Waals surface area contributed by atoms with E-state index >= 15 is 0 Å². The molecule has 6 N–H and O–H groups in total. The summed E-state index contributed by atoms with van der Waals surface area (Å²) in [5, 5.41) is 35.3. The van der Waals surface area contributed by atoms with Crippen molar-refractivity contribution in [2.45, 2.75) is 160 Å². The lowest BCUT2D eigenvalue weighted by molar-refractivity contribution is -0.144. The van der Waals surface area contributed by atoms with Gasteiger partial charge in [-0.15, -0.1) is 0 Å². The van der Waals surface area contributed by atoms with Gasteiger partial charge in [-0.1, -0.05) is 83.6 Å². The summed E-state index contributed by atoms with van der Waals surface area (Å²) in [5.41, 5.74) is 0. The normalized spacial score (nSPS) is 11.9. The number of amides is 3. The Kier molecular flexibility index (Phi) is 39.8. The molecule has 0 aliphatic heterocycles. The van der Waals surface area contributed by atoms with E-state index in [1.165, 1.54) is 44.9 Å². The molecule has 0 heterocycles. The molecule has 2 atom stereocenters. The summed E-state index contributed by atoms with van der Waals surface area (Å²) in [7, 11) is 0. The van der Waals surface area contributed by atoms with Crippen LogP contribution in [0.2, 0.25) is 0 Å². The van der Waals surface area contributed by atoms with Crippen molar-refractivity contribution < 1.29 is 72.6 Å². The van der Waals surface area contributed by atoms with E-state index < -0.39 is 35.8 Å². The second kappa shape index (κ2) is 42.7. The molecule has 368 valence electrons. The van der Waals surface area contributed by atoms with Gasteiger partial charge in [0, 0.05) is 51.8 Å². The van der Waals surface area contributed by atoms with Gasteiger partial charge >= 0.3 is 17.9 Å². The third-order valence-corrected chi connectivity index (χ3v) is 10.2. The number of carbonyl (C=O) groups excluding carboxylic acids is 5. The molecule has 0 aromatic heterocycles. The van der Waals surface area contributed by atoms with Crippen LogP contribution >= 0.6 is 0 Å². The Hall–Kier alpha value is -4.26. The number of carbonyl (C=O) groups is 8. The summed E-state index contributed by atoms with van der Waals surface area (Å²) in [6.45, 7) is 4.72. The van der Waals surface area contributed by atoms with Gasteiger partial charge in [0.05, 0.1) is 39.0 Å². The van der Waals surface area contributed by atoms with E-state index in [4.69, 9.17) is 24.1 Å². The highest BCUT2D eigenvalue weighted by atomic mass is 16.5. The molecule has 3 amide bonds. The van der Waals surface area contributed by atoms with Gasteiger partial charge in [0.25, 0.3) is 0 Å². The summed E-state index contributed by atoms with van der Waals surface area (Å²) in [4.78, 5) is 93.6. The first kappa shape index (κ1) is 59.7. The summed E-state index contributed by atoms with van der Waals surface area (Å²) in [6, 6.07) is -1.07. The molecule has 0 bridgehead atoms. The molecule has 0 aliphatic rings. The molecule has 64 heavy (non-hydrogen) atoms. The van der Waals surface area contributed by atoms with Crippen LogP contribution in [0.4, 0.5) is 0 Å². The Balaban J connectivity index is 3.74. The van der Waals surface area contributed by atoms with E-state index in [0.717, 1.165) is 51.0 Å². The minimum atomic E-state index is -1.16. The van der Waals surface area contributed by atoms with E-state index in [0.29, 0.717) is 38.8 Å². The smallest absolute Gasteiger partial charge is 0.326 e. The van der Waals surface area contributed by atoms with Crippen molar-refractivity contribution in [1.29, 1.82) is 0 Å². The predicted molar refractivity (Wildman–Crippen MR) is 239 cm³/mol. The topological polar surface area (TPSA) is 270 Å². The molecule has 18 nitrogen and oxygen atoms in total. The molecule has 0 aromatic rings. The zero-order valence-corrected chi connectivity index (χ0v) is 38.2. The molecule has 0 saturated heterocycles. The highest BCUT2D eigenvalue weighted by Gasteiger charge is 2.22. The first-order valence-electron chi connectivity index (χ1n) is 23.3. The van der Waals surface area contributed by atoms with Crippen LogP contribution in [0.25, 0.3) is 0 Å². The number of Topliss-reactive ketones (excluding diaryl/α,β-unsaturated/α-hetero) is 2. The molecule has 0 unspecified atom stereocenters. The average Bonchev–Trinajstić information content (AvgIpc) is 3.25. The van der Waals surface area contributed by atoms with Gasteiger partial charge in [0.2, 0.25) is 17.7 Å².